The minimum Gasteiger partial charge on any atom is -0.325 e. The summed E-state index contributed by atoms with van der Waals surface area (Å²) in [5, 5.41) is 4.58. The van der Waals surface area contributed by atoms with Crippen LogP contribution >= 0.6 is 11.3 Å². The van der Waals surface area contributed by atoms with E-state index < -0.39 is 5.69 Å². The molecule has 7 heteroatoms. The van der Waals surface area contributed by atoms with Gasteiger partial charge in [0.25, 0.3) is 5.56 Å². The van der Waals surface area contributed by atoms with Gasteiger partial charge in [0.1, 0.15) is 11.2 Å². The normalized spacial score (nSPS) is 11.0. The monoisotopic (exact) mass is 419 g/mol. The van der Waals surface area contributed by atoms with Gasteiger partial charge in [0, 0.05) is 5.69 Å². The van der Waals surface area contributed by atoms with E-state index in [2.05, 4.69) is 12.2 Å². The van der Waals surface area contributed by atoms with Gasteiger partial charge >= 0.3 is 5.69 Å². The van der Waals surface area contributed by atoms with E-state index in [1.807, 2.05) is 43.3 Å². The molecule has 30 heavy (non-hydrogen) atoms. The molecule has 0 radical (unpaired) electrons. The van der Waals surface area contributed by atoms with Gasteiger partial charge in [-0.05, 0) is 54.1 Å². The van der Waals surface area contributed by atoms with E-state index in [0.29, 0.717) is 21.6 Å². The molecule has 152 valence electrons. The number of rotatable bonds is 5. The van der Waals surface area contributed by atoms with Crippen LogP contribution < -0.4 is 16.6 Å². The van der Waals surface area contributed by atoms with Crippen LogP contribution in [0, 0.1) is 6.92 Å². The third kappa shape index (κ3) is 3.59. The molecular weight excluding hydrogens is 398 g/mol. The third-order valence-corrected chi connectivity index (χ3v) is 5.95. The summed E-state index contributed by atoms with van der Waals surface area (Å²) in [7, 11) is 0. The van der Waals surface area contributed by atoms with Gasteiger partial charge in [0.15, 0.2) is 0 Å². The second-order valence-electron chi connectivity index (χ2n) is 7.03. The first-order valence-electron chi connectivity index (χ1n) is 9.67. The first-order valence-corrected chi connectivity index (χ1v) is 10.6. The number of fused-ring (bicyclic) bond motifs is 1. The predicted octanol–water partition coefficient (Wildman–Crippen LogP) is 3.72. The van der Waals surface area contributed by atoms with Crippen LogP contribution in [-0.2, 0) is 17.8 Å². The SMILES string of the molecule is CCc1ccc(NC(=O)Cn2c(=O)n(-c3ccccc3C)c(=O)c3sccc32)cc1. The summed E-state index contributed by atoms with van der Waals surface area (Å²) in [6.07, 6.45) is 0.917. The van der Waals surface area contributed by atoms with Crippen LogP contribution in [0.4, 0.5) is 5.69 Å². The van der Waals surface area contributed by atoms with Crippen molar-refractivity contribution < 1.29 is 4.79 Å². The summed E-state index contributed by atoms with van der Waals surface area (Å²) in [5.74, 6) is -0.330. The van der Waals surface area contributed by atoms with Gasteiger partial charge in [-0.25, -0.2) is 9.36 Å². The average Bonchev–Trinajstić information content (AvgIpc) is 3.23. The molecule has 0 saturated heterocycles. The second-order valence-corrected chi connectivity index (χ2v) is 7.95. The molecular formula is C23H21N3O3S. The minimum atomic E-state index is -0.531. The van der Waals surface area contributed by atoms with Crippen molar-refractivity contribution in [3.05, 3.63) is 91.9 Å². The zero-order chi connectivity index (χ0) is 21.3. The van der Waals surface area contributed by atoms with E-state index in [0.717, 1.165) is 16.6 Å². The first kappa shape index (κ1) is 19.8. The summed E-state index contributed by atoms with van der Waals surface area (Å²) >= 11 is 1.26. The molecule has 0 unspecified atom stereocenters. The Bertz CT molecular complexity index is 1350. The Morgan fingerprint density at radius 2 is 1.77 bits per heavy atom. The van der Waals surface area contributed by atoms with Gasteiger partial charge in [-0.15, -0.1) is 11.3 Å². The van der Waals surface area contributed by atoms with Crippen molar-refractivity contribution in [3.63, 3.8) is 0 Å². The molecule has 4 rings (SSSR count). The number of nitrogens with one attached hydrogen (secondary N) is 1. The average molecular weight is 420 g/mol. The lowest BCUT2D eigenvalue weighted by atomic mass is 10.1. The van der Waals surface area contributed by atoms with E-state index >= 15 is 0 Å². The van der Waals surface area contributed by atoms with Crippen LogP contribution in [0.15, 0.2) is 69.6 Å². The number of anilines is 1. The van der Waals surface area contributed by atoms with Gasteiger partial charge in [0.2, 0.25) is 5.91 Å². The zero-order valence-electron chi connectivity index (χ0n) is 16.7. The third-order valence-electron chi connectivity index (χ3n) is 5.06. The molecule has 0 spiro atoms. The van der Waals surface area contributed by atoms with Gasteiger partial charge in [-0.1, -0.05) is 37.3 Å². The number of hydrogen-bond donors (Lipinski definition) is 1. The number of carbonyl (C=O) groups excluding carboxylic acids is 1. The van der Waals surface area contributed by atoms with E-state index in [1.165, 1.54) is 21.5 Å². The van der Waals surface area contributed by atoms with Crippen molar-refractivity contribution in [2.24, 2.45) is 0 Å². The van der Waals surface area contributed by atoms with Gasteiger partial charge in [0.05, 0.1) is 11.2 Å². The summed E-state index contributed by atoms with van der Waals surface area (Å²) in [4.78, 5) is 39.0. The maximum Gasteiger partial charge on any atom is 0.336 e. The molecule has 0 fully saturated rings. The first-order chi connectivity index (χ1) is 14.5. The fourth-order valence-corrected chi connectivity index (χ4v) is 4.26. The van der Waals surface area contributed by atoms with Crippen molar-refractivity contribution >= 4 is 33.1 Å². The zero-order valence-corrected chi connectivity index (χ0v) is 17.5. The molecule has 0 aliphatic rings. The van der Waals surface area contributed by atoms with Crippen molar-refractivity contribution in [3.8, 4) is 5.69 Å². The molecule has 0 aliphatic heterocycles. The number of amides is 1. The highest BCUT2D eigenvalue weighted by atomic mass is 32.1. The molecule has 2 aromatic carbocycles. The number of benzene rings is 2. The molecule has 2 heterocycles. The number of aromatic nitrogens is 2. The maximum atomic E-state index is 13.3. The van der Waals surface area contributed by atoms with Crippen LogP contribution in [0.5, 0.6) is 0 Å². The number of thiophene rings is 1. The number of nitrogens with zero attached hydrogens (tertiary/aromatic N) is 2. The highest BCUT2D eigenvalue weighted by molar-refractivity contribution is 7.17. The summed E-state index contributed by atoms with van der Waals surface area (Å²) in [5.41, 5.74) is 2.74. The Morgan fingerprint density at radius 1 is 1.03 bits per heavy atom. The number of hydrogen-bond acceptors (Lipinski definition) is 4. The van der Waals surface area contributed by atoms with Crippen molar-refractivity contribution in [1.29, 1.82) is 0 Å². The summed E-state index contributed by atoms with van der Waals surface area (Å²) < 4.78 is 2.95. The van der Waals surface area contributed by atoms with E-state index in [4.69, 9.17) is 0 Å². The quantitative estimate of drug-likeness (QED) is 0.536. The Labute approximate surface area is 177 Å². The van der Waals surface area contributed by atoms with E-state index in [-0.39, 0.29) is 18.0 Å². The molecule has 6 nitrogen and oxygen atoms in total. The minimum absolute atomic E-state index is 0.187. The Hall–Kier alpha value is -3.45. The van der Waals surface area contributed by atoms with Gasteiger partial charge in [-0.2, -0.15) is 0 Å². The Morgan fingerprint density at radius 3 is 2.47 bits per heavy atom. The Balaban J connectivity index is 1.76. The topological polar surface area (TPSA) is 73.1 Å². The van der Waals surface area contributed by atoms with Crippen molar-refractivity contribution in [1.82, 2.24) is 9.13 Å². The number of aryl methyl sites for hydroxylation is 2. The predicted molar refractivity (Wildman–Crippen MR) is 121 cm³/mol. The molecule has 1 N–H and O–H groups in total. The molecule has 0 aliphatic carbocycles. The van der Waals surface area contributed by atoms with E-state index in [9.17, 15) is 14.4 Å². The van der Waals surface area contributed by atoms with Crippen LogP contribution in [-0.4, -0.2) is 15.0 Å². The van der Waals surface area contributed by atoms with Crippen molar-refractivity contribution in [2.45, 2.75) is 26.8 Å². The molecule has 0 atom stereocenters. The highest BCUT2D eigenvalue weighted by Crippen LogP contribution is 2.18. The number of carbonyl (C=O) groups is 1. The molecule has 1 amide bonds. The lowest BCUT2D eigenvalue weighted by Crippen LogP contribution is -2.40. The fraction of sp³-hybridized carbons (Fsp3) is 0.174. The summed E-state index contributed by atoms with van der Waals surface area (Å²) in [6.45, 7) is 3.72. The molecule has 2 aromatic heterocycles. The lowest BCUT2D eigenvalue weighted by Gasteiger charge is -2.14. The van der Waals surface area contributed by atoms with Crippen molar-refractivity contribution in [2.75, 3.05) is 5.32 Å². The van der Waals surface area contributed by atoms with Crippen LogP contribution in [0.2, 0.25) is 0 Å². The molecule has 0 saturated carbocycles. The molecule has 0 bridgehead atoms. The second kappa shape index (κ2) is 8.12. The highest BCUT2D eigenvalue weighted by Gasteiger charge is 2.18. The largest absolute Gasteiger partial charge is 0.336 e. The summed E-state index contributed by atoms with van der Waals surface area (Å²) in [6, 6.07) is 16.5. The Kier molecular flexibility index (Phi) is 5.37. The number of para-hydroxylation sites is 1. The molecule has 4 aromatic rings. The van der Waals surface area contributed by atoms with Crippen LogP contribution in [0.1, 0.15) is 18.1 Å². The smallest absolute Gasteiger partial charge is 0.325 e. The standard InChI is InChI=1S/C23H21N3O3S/c1-3-16-8-10-17(11-9-16)24-20(27)14-25-19-12-13-30-21(19)22(28)26(23(25)29)18-7-5-4-6-15(18)2/h4-13H,3,14H2,1-2H3,(H,24,27). The fourth-order valence-electron chi connectivity index (χ4n) is 3.43. The van der Waals surface area contributed by atoms with Crippen LogP contribution in [0.3, 0.4) is 0 Å². The van der Waals surface area contributed by atoms with Gasteiger partial charge < -0.3 is 5.32 Å². The lowest BCUT2D eigenvalue weighted by molar-refractivity contribution is -0.116. The van der Waals surface area contributed by atoms with E-state index in [1.54, 1.807) is 23.6 Å². The van der Waals surface area contributed by atoms with Gasteiger partial charge in [-0.3, -0.25) is 14.2 Å². The van der Waals surface area contributed by atoms with Crippen LogP contribution in [0.25, 0.3) is 15.9 Å². The maximum absolute atomic E-state index is 13.3.